The minimum absolute atomic E-state index is 0.0539. The maximum Gasteiger partial charge on any atom is 0.330 e. The fourth-order valence-electron chi connectivity index (χ4n) is 8.62. The second-order valence-corrected chi connectivity index (χ2v) is 15.7. The van der Waals surface area contributed by atoms with E-state index in [0.717, 1.165) is 33.4 Å². The fraction of sp³-hybridized carbons (Fsp3) is 0.245. The van der Waals surface area contributed by atoms with Gasteiger partial charge >= 0.3 is 5.69 Å². The lowest BCUT2D eigenvalue weighted by Gasteiger charge is -2.37. The standard InChI is InChI=1S/C53H52N2O10/c1-59-43-23-15-39(16-24-43)52(37-11-7-5-8-12-37,40-17-25-44(60-2)26-18-40)63-32-31-36-34-55(51(58)54-50(36)57)49-33-47(56)48(65-49)35-64-53(38-13-9-6-10-14-38,41-19-27-45(61-3)28-20-41)42-21-29-46(62-4)30-22-42/h5-30,34,47-49,56H,31-33,35H2,1-4H3,(H,54,57,58)/t47-,48+,49+/m0/s1. The summed E-state index contributed by atoms with van der Waals surface area (Å²) in [5.74, 6) is 2.75. The topological polar surface area (TPSA) is 140 Å². The van der Waals surface area contributed by atoms with Gasteiger partial charge in [0.1, 0.15) is 46.5 Å². The molecule has 1 saturated heterocycles. The Morgan fingerprint density at radius 2 is 0.954 bits per heavy atom. The number of ether oxygens (including phenoxy) is 7. The molecule has 6 aromatic carbocycles. The molecule has 0 unspecified atom stereocenters. The van der Waals surface area contributed by atoms with E-state index in [1.165, 1.54) is 10.8 Å². The molecular weight excluding hydrogens is 825 g/mol. The summed E-state index contributed by atoms with van der Waals surface area (Å²) in [7, 11) is 6.46. The number of nitrogens with zero attached hydrogens (tertiary/aromatic N) is 1. The molecule has 0 aliphatic carbocycles. The van der Waals surface area contributed by atoms with Gasteiger partial charge in [-0.25, -0.2) is 4.79 Å². The third kappa shape index (κ3) is 9.07. The van der Waals surface area contributed by atoms with Crippen molar-refractivity contribution in [3.63, 3.8) is 0 Å². The molecule has 8 rings (SSSR count). The quantitative estimate of drug-likeness (QED) is 0.0823. The van der Waals surface area contributed by atoms with Gasteiger partial charge in [0.25, 0.3) is 5.56 Å². The minimum atomic E-state index is -1.16. The SMILES string of the molecule is COc1ccc(C(OCCc2cn([C@H]3C[C@H](O)[C@@H](COC(c4ccccc4)(c4ccc(OC)cc4)c4ccc(OC)cc4)O3)c(=O)[nH]c2=O)(c2ccccc2)c2ccc(OC)cc2)cc1. The summed E-state index contributed by atoms with van der Waals surface area (Å²) < 4.78 is 43.8. The summed E-state index contributed by atoms with van der Waals surface area (Å²) in [5.41, 5.74) is 1.85. The van der Waals surface area contributed by atoms with Crippen LogP contribution in [0.5, 0.6) is 23.0 Å². The van der Waals surface area contributed by atoms with Crippen LogP contribution in [0.2, 0.25) is 0 Å². The summed E-state index contributed by atoms with van der Waals surface area (Å²) in [4.78, 5) is 29.4. The van der Waals surface area contributed by atoms with Crippen LogP contribution in [0, 0.1) is 0 Å². The van der Waals surface area contributed by atoms with Crippen LogP contribution in [-0.2, 0) is 31.8 Å². The Morgan fingerprint density at radius 3 is 1.35 bits per heavy atom. The van der Waals surface area contributed by atoms with E-state index in [9.17, 15) is 14.7 Å². The molecule has 0 radical (unpaired) electrons. The van der Waals surface area contributed by atoms with Gasteiger partial charge in [0, 0.05) is 24.6 Å². The zero-order chi connectivity index (χ0) is 45.4. The summed E-state index contributed by atoms with van der Waals surface area (Å²) in [6.07, 6.45) is -1.04. The molecule has 12 heteroatoms. The van der Waals surface area contributed by atoms with Gasteiger partial charge in [0.15, 0.2) is 0 Å². The highest BCUT2D eigenvalue weighted by molar-refractivity contribution is 5.51. The first-order valence-electron chi connectivity index (χ1n) is 21.4. The lowest BCUT2D eigenvalue weighted by atomic mass is 9.80. The van der Waals surface area contributed by atoms with Crippen LogP contribution in [0.25, 0.3) is 0 Å². The zero-order valence-electron chi connectivity index (χ0n) is 36.7. The number of aromatic nitrogens is 2. The number of aliphatic hydroxyl groups is 1. The lowest BCUT2D eigenvalue weighted by Crippen LogP contribution is -2.38. The second kappa shape index (κ2) is 19.8. The predicted molar refractivity (Wildman–Crippen MR) is 246 cm³/mol. The number of hydrogen-bond donors (Lipinski definition) is 2. The Morgan fingerprint density at radius 1 is 0.569 bits per heavy atom. The Balaban J connectivity index is 1.07. The van der Waals surface area contributed by atoms with Gasteiger partial charge in [-0.3, -0.25) is 14.3 Å². The van der Waals surface area contributed by atoms with E-state index in [0.29, 0.717) is 28.6 Å². The number of H-pyrrole nitrogens is 1. The Kier molecular flexibility index (Phi) is 13.6. The van der Waals surface area contributed by atoms with Crippen molar-refractivity contribution in [1.82, 2.24) is 9.55 Å². The number of hydrogen-bond acceptors (Lipinski definition) is 10. The molecular formula is C53H52N2O10. The van der Waals surface area contributed by atoms with Crippen molar-refractivity contribution in [2.45, 2.75) is 42.5 Å². The van der Waals surface area contributed by atoms with Crippen molar-refractivity contribution >= 4 is 0 Å². The second-order valence-electron chi connectivity index (χ2n) is 15.7. The molecule has 2 heterocycles. The first-order valence-corrected chi connectivity index (χ1v) is 21.4. The number of aliphatic hydroxyl groups excluding tert-OH is 1. The number of benzene rings is 6. The number of rotatable bonds is 18. The van der Waals surface area contributed by atoms with Crippen molar-refractivity contribution in [2.24, 2.45) is 0 Å². The first-order chi connectivity index (χ1) is 31.7. The van der Waals surface area contributed by atoms with Gasteiger partial charge in [0.05, 0.1) is 47.8 Å². The van der Waals surface area contributed by atoms with Crippen molar-refractivity contribution in [3.05, 3.63) is 224 Å². The largest absolute Gasteiger partial charge is 0.497 e. The summed E-state index contributed by atoms with van der Waals surface area (Å²) in [5, 5.41) is 11.5. The van der Waals surface area contributed by atoms with Gasteiger partial charge < -0.3 is 38.3 Å². The minimum Gasteiger partial charge on any atom is -0.497 e. The molecule has 1 aliphatic heterocycles. The van der Waals surface area contributed by atoms with Crippen molar-refractivity contribution in [3.8, 4) is 23.0 Å². The molecule has 0 amide bonds. The van der Waals surface area contributed by atoms with Crippen molar-refractivity contribution in [1.29, 1.82) is 0 Å². The molecule has 1 aromatic heterocycles. The van der Waals surface area contributed by atoms with Crippen LogP contribution in [0.15, 0.2) is 174 Å². The first kappa shape index (κ1) is 44.6. The van der Waals surface area contributed by atoms with Crippen LogP contribution in [0.4, 0.5) is 0 Å². The highest BCUT2D eigenvalue weighted by Gasteiger charge is 2.43. The van der Waals surface area contributed by atoms with Crippen LogP contribution in [0.3, 0.4) is 0 Å². The summed E-state index contributed by atoms with van der Waals surface area (Å²) in [6.45, 7) is 0.0266. The Hall–Kier alpha value is -6.96. The molecule has 12 nitrogen and oxygen atoms in total. The van der Waals surface area contributed by atoms with Gasteiger partial charge in [-0.2, -0.15) is 0 Å². The van der Waals surface area contributed by atoms with E-state index in [1.54, 1.807) is 28.4 Å². The van der Waals surface area contributed by atoms with Gasteiger partial charge in [-0.05, 0) is 81.9 Å². The third-order valence-corrected chi connectivity index (χ3v) is 12.1. The average Bonchev–Trinajstić information content (AvgIpc) is 3.74. The van der Waals surface area contributed by atoms with Gasteiger partial charge in [-0.15, -0.1) is 0 Å². The summed E-state index contributed by atoms with van der Waals surface area (Å²) >= 11 is 0. The molecule has 1 fully saturated rings. The third-order valence-electron chi connectivity index (χ3n) is 12.1. The normalized spacial score (nSPS) is 16.2. The van der Waals surface area contributed by atoms with Crippen molar-refractivity contribution in [2.75, 3.05) is 41.7 Å². The molecule has 334 valence electrons. The zero-order valence-corrected chi connectivity index (χ0v) is 36.7. The van der Waals surface area contributed by atoms with Crippen LogP contribution < -0.4 is 30.2 Å². The van der Waals surface area contributed by atoms with Crippen LogP contribution >= 0.6 is 0 Å². The highest BCUT2D eigenvalue weighted by Crippen LogP contribution is 2.44. The fourth-order valence-corrected chi connectivity index (χ4v) is 8.62. The molecule has 3 atom stereocenters. The number of methoxy groups -OCH3 is 4. The molecule has 7 aromatic rings. The van der Waals surface area contributed by atoms with E-state index < -0.39 is 40.9 Å². The smallest absolute Gasteiger partial charge is 0.330 e. The van der Waals surface area contributed by atoms with Crippen LogP contribution in [0.1, 0.15) is 51.6 Å². The Bertz CT molecular complexity index is 2640. The number of aromatic amines is 1. The molecule has 1 aliphatic rings. The van der Waals surface area contributed by atoms with E-state index in [-0.39, 0.29) is 26.1 Å². The molecule has 0 saturated carbocycles. The van der Waals surface area contributed by atoms with Gasteiger partial charge in [0.2, 0.25) is 0 Å². The van der Waals surface area contributed by atoms with Crippen LogP contribution in [-0.4, -0.2) is 68.5 Å². The number of nitrogens with one attached hydrogen (secondary N) is 1. The lowest BCUT2D eigenvalue weighted by molar-refractivity contribution is -0.0944. The summed E-state index contributed by atoms with van der Waals surface area (Å²) in [6, 6.07) is 50.4. The van der Waals surface area contributed by atoms with E-state index in [4.69, 9.17) is 33.2 Å². The molecule has 65 heavy (non-hydrogen) atoms. The maximum atomic E-state index is 13.5. The molecule has 0 bridgehead atoms. The Labute approximate surface area is 377 Å². The predicted octanol–water partition coefficient (Wildman–Crippen LogP) is 7.78. The maximum absolute atomic E-state index is 13.5. The molecule has 2 N–H and O–H groups in total. The van der Waals surface area contributed by atoms with E-state index in [1.807, 2.05) is 158 Å². The van der Waals surface area contributed by atoms with Crippen molar-refractivity contribution < 1.29 is 38.3 Å². The van der Waals surface area contributed by atoms with E-state index >= 15 is 0 Å². The monoisotopic (exact) mass is 876 g/mol. The molecule has 0 spiro atoms. The van der Waals surface area contributed by atoms with Gasteiger partial charge in [-0.1, -0.05) is 109 Å². The van der Waals surface area contributed by atoms with E-state index in [2.05, 4.69) is 4.98 Å². The average molecular weight is 877 g/mol. The highest BCUT2D eigenvalue weighted by atomic mass is 16.6.